The quantitative estimate of drug-likeness (QED) is 0.791. The molecule has 0 spiro atoms. The fraction of sp³-hybridized carbons (Fsp3) is 0.385. The van der Waals surface area contributed by atoms with Gasteiger partial charge in [-0.15, -0.1) is 0 Å². The van der Waals surface area contributed by atoms with Crippen LogP contribution < -0.4 is 5.32 Å². The van der Waals surface area contributed by atoms with Crippen LogP contribution in [0.3, 0.4) is 0 Å². The Hall–Kier alpha value is -1.79. The molecule has 0 fully saturated rings. The van der Waals surface area contributed by atoms with Gasteiger partial charge in [-0.2, -0.15) is 0 Å². The summed E-state index contributed by atoms with van der Waals surface area (Å²) in [6.07, 6.45) is 0.735. The summed E-state index contributed by atoms with van der Waals surface area (Å²) in [5.41, 5.74) is 0.446. The lowest BCUT2D eigenvalue weighted by Crippen LogP contribution is -2.32. The number of nitrogens with one attached hydrogen (secondary N) is 1. The third-order valence-electron chi connectivity index (χ3n) is 2.64. The molecule has 0 aromatic heterocycles. The summed E-state index contributed by atoms with van der Waals surface area (Å²) in [4.78, 5) is 24.2. The molecule has 0 saturated heterocycles. The minimum atomic E-state index is -1.11. The molecule has 0 aliphatic rings. The molecule has 110 valence electrons. The van der Waals surface area contributed by atoms with E-state index < -0.39 is 5.97 Å². The highest BCUT2D eigenvalue weighted by atomic mass is 35.5. The number of aromatic carboxylic acids is 1. The van der Waals surface area contributed by atoms with E-state index in [0.717, 1.165) is 6.42 Å². The Morgan fingerprint density at radius 1 is 1.45 bits per heavy atom. The Morgan fingerprint density at radius 3 is 2.70 bits per heavy atom. The first-order chi connectivity index (χ1) is 9.45. The molecule has 0 atom stereocenters. The van der Waals surface area contributed by atoms with Gasteiger partial charge in [-0.05, 0) is 24.6 Å². The van der Waals surface area contributed by atoms with E-state index in [4.69, 9.17) is 21.4 Å². The number of methoxy groups -OCH3 is 1. The van der Waals surface area contributed by atoms with Crippen LogP contribution in [0.2, 0.25) is 5.02 Å². The number of nitrogens with zero attached hydrogens (tertiary/aromatic N) is 1. The number of carboxylic acids is 1. The summed E-state index contributed by atoms with van der Waals surface area (Å²) in [6, 6.07) is 3.97. The molecule has 6 nitrogen and oxygen atoms in total. The van der Waals surface area contributed by atoms with E-state index in [1.807, 2.05) is 0 Å². The molecule has 1 rings (SSSR count). The molecule has 2 amide bonds. The van der Waals surface area contributed by atoms with Crippen molar-refractivity contribution in [1.82, 2.24) is 4.90 Å². The molecule has 0 aliphatic heterocycles. The van der Waals surface area contributed by atoms with Crippen molar-refractivity contribution in [1.29, 1.82) is 0 Å². The van der Waals surface area contributed by atoms with Crippen molar-refractivity contribution in [2.75, 3.05) is 32.6 Å². The van der Waals surface area contributed by atoms with Crippen LogP contribution in [0.5, 0.6) is 0 Å². The fourth-order valence-corrected chi connectivity index (χ4v) is 1.79. The van der Waals surface area contributed by atoms with Crippen molar-refractivity contribution in [2.45, 2.75) is 6.42 Å². The maximum Gasteiger partial charge on any atom is 0.337 e. The minimum absolute atomic E-state index is 0.00175. The number of urea groups is 1. The van der Waals surface area contributed by atoms with Gasteiger partial charge < -0.3 is 20.1 Å². The lowest BCUT2D eigenvalue weighted by Gasteiger charge is -2.18. The van der Waals surface area contributed by atoms with Gasteiger partial charge in [-0.25, -0.2) is 9.59 Å². The second-order valence-corrected chi connectivity index (χ2v) is 4.61. The lowest BCUT2D eigenvalue weighted by atomic mass is 10.2. The van der Waals surface area contributed by atoms with Crippen LogP contribution in [-0.2, 0) is 4.74 Å². The second kappa shape index (κ2) is 7.72. The molecule has 1 aromatic carbocycles. The molecule has 2 N–H and O–H groups in total. The second-order valence-electron chi connectivity index (χ2n) is 4.20. The molecule has 0 aliphatic carbocycles. The standard InChI is InChI=1S/C13H17ClN2O4/c1-16(6-3-7-20-2)13(19)15-9-4-5-10(12(17)18)11(14)8-9/h4-5,8H,3,6-7H2,1-2H3,(H,15,19)(H,17,18). The maximum atomic E-state index is 11.9. The average Bonchev–Trinajstić information content (AvgIpc) is 2.38. The number of rotatable bonds is 6. The van der Waals surface area contributed by atoms with Gasteiger partial charge in [-0.3, -0.25) is 0 Å². The molecule has 7 heteroatoms. The number of benzene rings is 1. The third-order valence-corrected chi connectivity index (χ3v) is 2.95. The normalized spacial score (nSPS) is 10.2. The lowest BCUT2D eigenvalue weighted by molar-refractivity contribution is 0.0697. The number of hydrogen-bond donors (Lipinski definition) is 2. The van der Waals surface area contributed by atoms with E-state index >= 15 is 0 Å². The zero-order valence-electron chi connectivity index (χ0n) is 11.4. The summed E-state index contributed by atoms with van der Waals surface area (Å²) in [5, 5.41) is 11.6. The van der Waals surface area contributed by atoms with Gasteiger partial charge in [0.05, 0.1) is 10.6 Å². The number of halogens is 1. The van der Waals surface area contributed by atoms with Gasteiger partial charge in [0.2, 0.25) is 0 Å². The Morgan fingerprint density at radius 2 is 2.15 bits per heavy atom. The first-order valence-electron chi connectivity index (χ1n) is 5.99. The number of carbonyl (C=O) groups excluding carboxylic acids is 1. The molecule has 0 radical (unpaired) electrons. The molecule has 0 unspecified atom stereocenters. The summed E-state index contributed by atoms with van der Waals surface area (Å²) in [7, 11) is 3.27. The number of carbonyl (C=O) groups is 2. The first-order valence-corrected chi connectivity index (χ1v) is 6.37. The summed E-state index contributed by atoms with van der Waals surface area (Å²) >= 11 is 5.83. The highest BCUT2D eigenvalue weighted by molar-refractivity contribution is 6.33. The fourth-order valence-electron chi connectivity index (χ4n) is 1.53. The predicted molar refractivity (Wildman–Crippen MR) is 76.6 cm³/mol. The molecule has 0 bridgehead atoms. The monoisotopic (exact) mass is 300 g/mol. The number of amides is 2. The highest BCUT2D eigenvalue weighted by Crippen LogP contribution is 2.21. The van der Waals surface area contributed by atoms with Crippen LogP contribution in [0.15, 0.2) is 18.2 Å². The first kappa shape index (κ1) is 16.3. The van der Waals surface area contributed by atoms with Gasteiger partial charge >= 0.3 is 12.0 Å². The Bertz CT molecular complexity index is 493. The highest BCUT2D eigenvalue weighted by Gasteiger charge is 2.12. The van der Waals surface area contributed by atoms with Crippen molar-refractivity contribution < 1.29 is 19.4 Å². The van der Waals surface area contributed by atoms with Crippen LogP contribution in [0.4, 0.5) is 10.5 Å². The Kier molecular flexibility index (Phi) is 6.27. The van der Waals surface area contributed by atoms with E-state index in [1.54, 1.807) is 14.2 Å². The van der Waals surface area contributed by atoms with E-state index in [9.17, 15) is 9.59 Å². The summed E-state index contributed by atoms with van der Waals surface area (Å²) in [6.45, 7) is 1.14. The van der Waals surface area contributed by atoms with Crippen LogP contribution in [0.25, 0.3) is 0 Å². The zero-order valence-corrected chi connectivity index (χ0v) is 12.1. The van der Waals surface area contributed by atoms with Gasteiger partial charge in [-0.1, -0.05) is 11.6 Å². The van der Waals surface area contributed by atoms with Gasteiger partial charge in [0.25, 0.3) is 0 Å². The minimum Gasteiger partial charge on any atom is -0.478 e. The van der Waals surface area contributed by atoms with Crippen LogP contribution >= 0.6 is 11.6 Å². The Balaban J connectivity index is 2.62. The molecular weight excluding hydrogens is 284 g/mol. The van der Waals surface area contributed by atoms with Crippen molar-refractivity contribution in [3.05, 3.63) is 28.8 Å². The molecule has 1 aromatic rings. The zero-order chi connectivity index (χ0) is 15.1. The SMILES string of the molecule is COCCCN(C)C(=O)Nc1ccc(C(=O)O)c(Cl)c1. The topological polar surface area (TPSA) is 78.9 Å². The molecule has 0 saturated carbocycles. The van der Waals surface area contributed by atoms with Gasteiger partial charge in [0.1, 0.15) is 0 Å². The van der Waals surface area contributed by atoms with Gasteiger partial charge in [0, 0.05) is 33.0 Å². The van der Waals surface area contributed by atoms with Crippen molar-refractivity contribution in [3.63, 3.8) is 0 Å². The van der Waals surface area contributed by atoms with Crippen LogP contribution in [0.1, 0.15) is 16.8 Å². The summed E-state index contributed by atoms with van der Waals surface area (Å²) in [5.74, 6) is -1.11. The number of carboxylic acid groups (broad SMARTS) is 1. The van der Waals surface area contributed by atoms with E-state index in [-0.39, 0.29) is 16.6 Å². The predicted octanol–water partition coefficient (Wildman–Crippen LogP) is 2.54. The van der Waals surface area contributed by atoms with Crippen molar-refractivity contribution in [3.8, 4) is 0 Å². The number of anilines is 1. The maximum absolute atomic E-state index is 11.9. The third kappa shape index (κ3) is 4.71. The largest absolute Gasteiger partial charge is 0.478 e. The van der Waals surface area contributed by atoms with Crippen LogP contribution in [0, 0.1) is 0 Å². The molecule has 20 heavy (non-hydrogen) atoms. The van der Waals surface area contributed by atoms with E-state index in [1.165, 1.54) is 23.1 Å². The Labute approximate surface area is 122 Å². The smallest absolute Gasteiger partial charge is 0.337 e. The van der Waals surface area contributed by atoms with E-state index in [2.05, 4.69) is 5.32 Å². The molecular formula is C13H17ClN2O4. The summed E-state index contributed by atoms with van der Waals surface area (Å²) < 4.78 is 4.91. The average molecular weight is 301 g/mol. The van der Waals surface area contributed by atoms with Crippen LogP contribution in [-0.4, -0.2) is 49.3 Å². The van der Waals surface area contributed by atoms with Gasteiger partial charge in [0.15, 0.2) is 0 Å². The molecule has 0 heterocycles. The number of ether oxygens (including phenoxy) is 1. The van der Waals surface area contributed by atoms with E-state index in [0.29, 0.717) is 18.8 Å². The van der Waals surface area contributed by atoms with Crippen molar-refractivity contribution in [2.24, 2.45) is 0 Å². The van der Waals surface area contributed by atoms with Crippen molar-refractivity contribution >= 4 is 29.3 Å². The number of hydrogen-bond acceptors (Lipinski definition) is 3.